The van der Waals surface area contributed by atoms with Crippen molar-refractivity contribution in [1.29, 1.82) is 0 Å². The quantitative estimate of drug-likeness (QED) is 0.523. The van der Waals surface area contributed by atoms with E-state index in [2.05, 4.69) is 21.5 Å². The molecular weight excluding hydrogens is 288 g/mol. The number of nitrogens with one attached hydrogen (secondary N) is 1. The maximum atomic E-state index is 10.9. The number of anilines is 1. The molecular formula is C11H15ClN4O2S. The lowest BCUT2D eigenvalue weighted by Crippen LogP contribution is -2.27. The van der Waals surface area contributed by atoms with Gasteiger partial charge in [-0.25, -0.2) is 4.98 Å². The topological polar surface area (TPSA) is 81.0 Å². The fraction of sp³-hybridized carbons (Fsp3) is 0.636. The van der Waals surface area contributed by atoms with Crippen LogP contribution in [0.4, 0.5) is 11.5 Å². The van der Waals surface area contributed by atoms with Gasteiger partial charge in [0.1, 0.15) is 6.20 Å². The molecule has 2 rings (SSSR count). The largest absolute Gasteiger partial charge is 0.361 e. The molecule has 1 aliphatic rings. The van der Waals surface area contributed by atoms with Gasteiger partial charge in [0.25, 0.3) is 0 Å². The highest BCUT2D eigenvalue weighted by molar-refractivity contribution is 7.99. The standard InChI is InChI=1S/C11H15ClN4O2S/c1-19-8-4-2-7(3-5-8)14-10-9(16(17)18)6-13-11(12)15-10/h6-8H,2-5H2,1H3,(H,13,14,15). The predicted octanol–water partition coefficient (Wildman–Crippen LogP) is 3.12. The first-order valence-corrected chi connectivity index (χ1v) is 7.73. The molecule has 1 fully saturated rings. The molecule has 0 bridgehead atoms. The monoisotopic (exact) mass is 302 g/mol. The van der Waals surface area contributed by atoms with Crippen LogP contribution < -0.4 is 5.32 Å². The van der Waals surface area contributed by atoms with Crippen molar-refractivity contribution >= 4 is 34.9 Å². The first kappa shape index (κ1) is 14.3. The molecule has 0 unspecified atom stereocenters. The highest BCUT2D eigenvalue weighted by Gasteiger charge is 2.24. The molecule has 104 valence electrons. The summed E-state index contributed by atoms with van der Waals surface area (Å²) in [5.41, 5.74) is -0.128. The van der Waals surface area contributed by atoms with Gasteiger partial charge in [-0.1, -0.05) is 0 Å². The summed E-state index contributed by atoms with van der Waals surface area (Å²) in [6, 6.07) is 0.216. The number of rotatable bonds is 4. The summed E-state index contributed by atoms with van der Waals surface area (Å²) in [6.07, 6.45) is 7.48. The van der Waals surface area contributed by atoms with Crippen LogP contribution in [0.2, 0.25) is 5.28 Å². The molecule has 1 aromatic heterocycles. The molecule has 1 saturated carbocycles. The minimum Gasteiger partial charge on any atom is -0.361 e. The first-order chi connectivity index (χ1) is 9.10. The average Bonchev–Trinajstić information content (AvgIpc) is 2.39. The van der Waals surface area contributed by atoms with E-state index in [1.54, 1.807) is 0 Å². The molecule has 1 heterocycles. The summed E-state index contributed by atoms with van der Waals surface area (Å²) in [6.45, 7) is 0. The van der Waals surface area contributed by atoms with Gasteiger partial charge in [-0.2, -0.15) is 16.7 Å². The Balaban J connectivity index is 2.06. The third-order valence-electron chi connectivity index (χ3n) is 3.29. The van der Waals surface area contributed by atoms with Gasteiger partial charge in [0.2, 0.25) is 11.1 Å². The van der Waals surface area contributed by atoms with E-state index in [9.17, 15) is 10.1 Å². The first-order valence-electron chi connectivity index (χ1n) is 6.06. The number of thioether (sulfide) groups is 1. The normalized spacial score (nSPS) is 23.1. The second-order valence-corrected chi connectivity index (χ2v) is 5.96. The van der Waals surface area contributed by atoms with Crippen molar-refractivity contribution in [3.8, 4) is 0 Å². The smallest absolute Gasteiger partial charge is 0.329 e. The molecule has 0 aromatic carbocycles. The molecule has 0 radical (unpaired) electrons. The fourth-order valence-corrected chi connectivity index (χ4v) is 3.11. The molecule has 19 heavy (non-hydrogen) atoms. The zero-order valence-corrected chi connectivity index (χ0v) is 12.1. The summed E-state index contributed by atoms with van der Waals surface area (Å²) >= 11 is 7.58. The van der Waals surface area contributed by atoms with Gasteiger partial charge in [0.15, 0.2) is 0 Å². The van der Waals surface area contributed by atoms with E-state index >= 15 is 0 Å². The van der Waals surface area contributed by atoms with Crippen molar-refractivity contribution in [2.75, 3.05) is 11.6 Å². The SMILES string of the molecule is CSC1CCC(Nc2nc(Cl)ncc2[N+](=O)[O-])CC1. The molecule has 0 atom stereocenters. The lowest BCUT2D eigenvalue weighted by molar-refractivity contribution is -0.384. The van der Waals surface area contributed by atoms with Crippen molar-refractivity contribution in [2.45, 2.75) is 37.0 Å². The number of hydrogen-bond acceptors (Lipinski definition) is 6. The summed E-state index contributed by atoms with van der Waals surface area (Å²) in [5, 5.41) is 14.8. The van der Waals surface area contributed by atoms with Crippen LogP contribution in [0, 0.1) is 10.1 Å². The van der Waals surface area contributed by atoms with Crippen LogP contribution in [0.15, 0.2) is 6.20 Å². The Hall–Kier alpha value is -1.08. The van der Waals surface area contributed by atoms with Crippen LogP contribution in [0.25, 0.3) is 0 Å². The maximum Gasteiger partial charge on any atom is 0.329 e. The fourth-order valence-electron chi connectivity index (χ4n) is 2.23. The number of nitrogens with zero attached hydrogens (tertiary/aromatic N) is 3. The highest BCUT2D eigenvalue weighted by atomic mass is 35.5. The van der Waals surface area contributed by atoms with Gasteiger partial charge in [-0.3, -0.25) is 10.1 Å². The van der Waals surface area contributed by atoms with E-state index in [0.717, 1.165) is 31.9 Å². The molecule has 0 aliphatic heterocycles. The number of hydrogen-bond donors (Lipinski definition) is 1. The minimum atomic E-state index is -0.494. The van der Waals surface area contributed by atoms with Gasteiger partial charge in [0, 0.05) is 11.3 Å². The van der Waals surface area contributed by atoms with Crippen LogP contribution >= 0.6 is 23.4 Å². The van der Waals surface area contributed by atoms with Crippen LogP contribution in [-0.4, -0.2) is 32.4 Å². The van der Waals surface area contributed by atoms with Crippen LogP contribution in [0.1, 0.15) is 25.7 Å². The highest BCUT2D eigenvalue weighted by Crippen LogP contribution is 2.30. The minimum absolute atomic E-state index is 0.0194. The van der Waals surface area contributed by atoms with Gasteiger partial charge in [-0.15, -0.1) is 0 Å². The van der Waals surface area contributed by atoms with E-state index in [0.29, 0.717) is 5.25 Å². The Morgan fingerprint density at radius 2 is 2.16 bits per heavy atom. The molecule has 6 nitrogen and oxygen atoms in total. The van der Waals surface area contributed by atoms with Crippen molar-refractivity contribution < 1.29 is 4.92 Å². The molecule has 1 aromatic rings. The Morgan fingerprint density at radius 1 is 1.47 bits per heavy atom. The third-order valence-corrected chi connectivity index (χ3v) is 4.61. The number of nitro groups is 1. The summed E-state index contributed by atoms with van der Waals surface area (Å²) in [4.78, 5) is 18.0. The predicted molar refractivity (Wildman–Crippen MR) is 76.9 cm³/mol. The van der Waals surface area contributed by atoms with Crippen LogP contribution in [0.5, 0.6) is 0 Å². The lowest BCUT2D eigenvalue weighted by Gasteiger charge is -2.28. The zero-order valence-electron chi connectivity index (χ0n) is 10.5. The van der Waals surface area contributed by atoms with Crippen LogP contribution in [-0.2, 0) is 0 Å². The van der Waals surface area contributed by atoms with Gasteiger partial charge in [-0.05, 0) is 43.5 Å². The molecule has 8 heteroatoms. The van der Waals surface area contributed by atoms with Crippen molar-refractivity contribution in [2.24, 2.45) is 0 Å². The van der Waals surface area contributed by atoms with Gasteiger partial charge < -0.3 is 5.32 Å². The lowest BCUT2D eigenvalue weighted by atomic mass is 9.95. The summed E-state index contributed by atoms with van der Waals surface area (Å²) in [5.74, 6) is 0.220. The average molecular weight is 303 g/mol. The van der Waals surface area contributed by atoms with E-state index in [1.807, 2.05) is 11.8 Å². The molecule has 0 amide bonds. The van der Waals surface area contributed by atoms with Crippen molar-refractivity contribution in [1.82, 2.24) is 9.97 Å². The van der Waals surface area contributed by atoms with Crippen LogP contribution in [0.3, 0.4) is 0 Å². The zero-order chi connectivity index (χ0) is 13.8. The van der Waals surface area contributed by atoms with Gasteiger partial charge >= 0.3 is 5.69 Å². The van der Waals surface area contributed by atoms with E-state index in [4.69, 9.17) is 11.6 Å². The molecule has 1 N–H and O–H groups in total. The third kappa shape index (κ3) is 3.70. The van der Waals surface area contributed by atoms with Crippen molar-refractivity contribution in [3.63, 3.8) is 0 Å². The van der Waals surface area contributed by atoms with E-state index < -0.39 is 4.92 Å². The summed E-state index contributed by atoms with van der Waals surface area (Å²) < 4.78 is 0. The van der Waals surface area contributed by atoms with E-state index in [1.165, 1.54) is 0 Å². The van der Waals surface area contributed by atoms with E-state index in [-0.39, 0.29) is 22.8 Å². The molecule has 0 spiro atoms. The second kappa shape index (κ2) is 6.38. The Bertz CT molecular complexity index is 466. The number of halogens is 1. The number of aromatic nitrogens is 2. The Morgan fingerprint density at radius 3 is 2.74 bits per heavy atom. The van der Waals surface area contributed by atoms with Crippen molar-refractivity contribution in [3.05, 3.63) is 21.6 Å². The Kier molecular flexibility index (Phi) is 4.81. The maximum absolute atomic E-state index is 10.9. The molecule has 0 saturated heterocycles. The van der Waals surface area contributed by atoms with Gasteiger partial charge in [0.05, 0.1) is 4.92 Å². The summed E-state index contributed by atoms with van der Waals surface area (Å²) in [7, 11) is 0. The molecule has 1 aliphatic carbocycles. The second-order valence-electron chi connectivity index (χ2n) is 4.48. The Labute approximate surface area is 120 Å².